The molecule has 1 aromatic carbocycles. The van der Waals surface area contributed by atoms with Gasteiger partial charge in [0.05, 0.1) is 4.75 Å². The van der Waals surface area contributed by atoms with E-state index in [1.165, 1.54) is 11.1 Å². The van der Waals surface area contributed by atoms with Crippen LogP contribution in [-0.2, 0) is 15.4 Å². The second-order valence-corrected chi connectivity index (χ2v) is 10.0. The molecule has 4 rings (SSSR count). The molecule has 3 aliphatic rings. The van der Waals surface area contributed by atoms with Crippen molar-refractivity contribution in [1.29, 1.82) is 0 Å². The summed E-state index contributed by atoms with van der Waals surface area (Å²) in [4.78, 5) is 0. The molecule has 0 amide bonds. The predicted molar refractivity (Wildman–Crippen MR) is 83.6 cm³/mol. The van der Waals surface area contributed by atoms with Crippen LogP contribution < -0.4 is 0 Å². The fourth-order valence-corrected chi connectivity index (χ4v) is 6.49. The first-order valence-corrected chi connectivity index (χ1v) is 9.30. The second kappa shape index (κ2) is 3.90. The molecule has 0 aromatic heterocycles. The van der Waals surface area contributed by atoms with Gasteiger partial charge in [-0.25, -0.2) is 12.7 Å². The maximum absolute atomic E-state index is 12.8. The third-order valence-corrected chi connectivity index (χ3v) is 8.97. The molecule has 0 N–H and O–H groups in total. The van der Waals surface area contributed by atoms with E-state index in [-0.39, 0.29) is 5.41 Å². The average Bonchev–Trinajstić information content (AvgIpc) is 3.25. The van der Waals surface area contributed by atoms with Crippen LogP contribution in [0.3, 0.4) is 0 Å². The Labute approximate surface area is 127 Å². The Morgan fingerprint density at radius 1 is 1.19 bits per heavy atom. The molecule has 1 aromatic rings. The van der Waals surface area contributed by atoms with Crippen LogP contribution in [0.2, 0.25) is 0 Å². The highest BCUT2D eigenvalue weighted by atomic mass is 32.2. The lowest BCUT2D eigenvalue weighted by Gasteiger charge is -2.25. The molecule has 4 heteroatoms. The Morgan fingerprint density at radius 3 is 2.38 bits per heavy atom. The highest BCUT2D eigenvalue weighted by Gasteiger charge is 2.67. The Hall–Kier alpha value is -0.870. The number of sulfonamides is 1. The quantitative estimate of drug-likeness (QED) is 0.861. The summed E-state index contributed by atoms with van der Waals surface area (Å²) in [5.74, 6) is 0.822. The van der Waals surface area contributed by atoms with Gasteiger partial charge in [0.25, 0.3) is 0 Å². The third-order valence-electron chi connectivity index (χ3n) is 6.26. The van der Waals surface area contributed by atoms with Crippen LogP contribution in [0.4, 0.5) is 0 Å². The van der Waals surface area contributed by atoms with Crippen molar-refractivity contribution in [3.63, 3.8) is 0 Å². The Morgan fingerprint density at radius 2 is 1.81 bits per heavy atom. The molecule has 2 aliphatic carbocycles. The number of fused-ring (bicyclic) bond motifs is 1. The molecule has 0 bridgehead atoms. The standard InChI is InChI=1S/C17H23NO2S/c1-12-4-6-14(7-5-12)17-9-15(17)10-18(11-17)21(19,20)16(3)8-13(16)2/h4-7,13,15H,8-11H2,1-3H3/t13-,15+,16-,17-/m1/s1. The van der Waals surface area contributed by atoms with Crippen LogP contribution in [0, 0.1) is 18.8 Å². The zero-order chi connectivity index (χ0) is 15.0. The molecule has 1 aliphatic heterocycles. The monoisotopic (exact) mass is 305 g/mol. The number of nitrogens with zero attached hydrogens (tertiary/aromatic N) is 1. The summed E-state index contributed by atoms with van der Waals surface area (Å²) in [7, 11) is -3.14. The molecule has 114 valence electrons. The molecule has 2 saturated carbocycles. The fourth-order valence-electron chi connectivity index (χ4n) is 4.16. The summed E-state index contributed by atoms with van der Waals surface area (Å²) < 4.78 is 27.0. The maximum Gasteiger partial charge on any atom is 0.219 e. The van der Waals surface area contributed by atoms with Crippen LogP contribution in [0.15, 0.2) is 24.3 Å². The minimum Gasteiger partial charge on any atom is -0.212 e. The van der Waals surface area contributed by atoms with Crippen molar-refractivity contribution in [2.75, 3.05) is 13.1 Å². The Balaban J connectivity index is 1.60. The van der Waals surface area contributed by atoms with Crippen molar-refractivity contribution < 1.29 is 8.42 Å². The van der Waals surface area contributed by atoms with Gasteiger partial charge < -0.3 is 0 Å². The van der Waals surface area contributed by atoms with Crippen molar-refractivity contribution in [2.24, 2.45) is 11.8 Å². The molecule has 0 spiro atoms. The summed E-state index contributed by atoms with van der Waals surface area (Å²) in [5, 5.41) is 0. The van der Waals surface area contributed by atoms with Gasteiger partial charge in [0.1, 0.15) is 0 Å². The lowest BCUT2D eigenvalue weighted by Crippen LogP contribution is -2.40. The maximum atomic E-state index is 12.8. The van der Waals surface area contributed by atoms with Gasteiger partial charge in [0, 0.05) is 18.5 Å². The van der Waals surface area contributed by atoms with E-state index in [2.05, 4.69) is 31.2 Å². The van der Waals surface area contributed by atoms with E-state index >= 15 is 0 Å². The minimum absolute atomic E-state index is 0.106. The van der Waals surface area contributed by atoms with Gasteiger partial charge >= 0.3 is 0 Å². The van der Waals surface area contributed by atoms with Gasteiger partial charge in [-0.15, -0.1) is 0 Å². The van der Waals surface area contributed by atoms with Crippen LogP contribution in [0.5, 0.6) is 0 Å². The van der Waals surface area contributed by atoms with Gasteiger partial charge in [0.2, 0.25) is 10.0 Å². The van der Waals surface area contributed by atoms with Gasteiger partial charge in [-0.05, 0) is 44.1 Å². The topological polar surface area (TPSA) is 37.4 Å². The van der Waals surface area contributed by atoms with Gasteiger partial charge in [-0.3, -0.25) is 0 Å². The first-order valence-electron chi connectivity index (χ1n) is 7.86. The molecule has 4 atom stereocenters. The Bertz CT molecular complexity index is 696. The smallest absolute Gasteiger partial charge is 0.212 e. The van der Waals surface area contributed by atoms with Crippen LogP contribution >= 0.6 is 0 Å². The Kier molecular flexibility index (Phi) is 2.56. The molecule has 21 heavy (non-hydrogen) atoms. The summed E-state index contributed by atoms with van der Waals surface area (Å²) in [6, 6.07) is 8.65. The molecule has 0 unspecified atom stereocenters. The summed E-state index contributed by atoms with van der Waals surface area (Å²) in [6.07, 6.45) is 1.96. The van der Waals surface area contributed by atoms with Crippen molar-refractivity contribution in [3.8, 4) is 0 Å². The molecular formula is C17H23NO2S. The number of hydrogen-bond acceptors (Lipinski definition) is 2. The molecule has 3 nitrogen and oxygen atoms in total. The van der Waals surface area contributed by atoms with E-state index in [9.17, 15) is 8.42 Å². The van der Waals surface area contributed by atoms with E-state index in [1.807, 2.05) is 13.8 Å². The second-order valence-electron chi connectivity index (χ2n) is 7.64. The average molecular weight is 305 g/mol. The SMILES string of the molecule is Cc1ccc([C@]23C[C@H]2CN(S(=O)(=O)[C@]2(C)C[C@H]2C)C3)cc1. The van der Waals surface area contributed by atoms with Gasteiger partial charge in [-0.1, -0.05) is 36.8 Å². The lowest BCUT2D eigenvalue weighted by molar-refractivity contribution is 0.422. The minimum atomic E-state index is -3.14. The number of rotatable bonds is 3. The highest BCUT2D eigenvalue weighted by molar-refractivity contribution is 7.90. The van der Waals surface area contributed by atoms with Crippen LogP contribution in [0.25, 0.3) is 0 Å². The van der Waals surface area contributed by atoms with Crippen molar-refractivity contribution >= 4 is 10.0 Å². The number of piperidine rings is 1. The summed E-state index contributed by atoms with van der Waals surface area (Å²) in [6.45, 7) is 7.45. The first-order chi connectivity index (χ1) is 9.79. The van der Waals surface area contributed by atoms with Crippen molar-refractivity contribution in [3.05, 3.63) is 35.4 Å². The van der Waals surface area contributed by atoms with E-state index in [0.717, 1.165) is 19.4 Å². The highest BCUT2D eigenvalue weighted by Crippen LogP contribution is 2.61. The van der Waals surface area contributed by atoms with E-state index in [1.54, 1.807) is 4.31 Å². The van der Waals surface area contributed by atoms with Crippen molar-refractivity contribution in [2.45, 2.75) is 43.8 Å². The summed E-state index contributed by atoms with van der Waals surface area (Å²) >= 11 is 0. The summed E-state index contributed by atoms with van der Waals surface area (Å²) in [5.41, 5.74) is 2.69. The van der Waals surface area contributed by atoms with E-state index < -0.39 is 14.8 Å². The number of benzene rings is 1. The molecule has 1 saturated heterocycles. The molecule has 3 fully saturated rings. The van der Waals surface area contributed by atoms with E-state index in [0.29, 0.717) is 18.4 Å². The van der Waals surface area contributed by atoms with Crippen molar-refractivity contribution in [1.82, 2.24) is 4.31 Å². The van der Waals surface area contributed by atoms with Crippen LogP contribution in [0.1, 0.15) is 37.8 Å². The van der Waals surface area contributed by atoms with Gasteiger partial charge in [-0.2, -0.15) is 0 Å². The fraction of sp³-hybridized carbons (Fsp3) is 0.647. The molecule has 0 radical (unpaired) electrons. The lowest BCUT2D eigenvalue weighted by atomic mass is 9.94. The van der Waals surface area contributed by atoms with Crippen LogP contribution in [-0.4, -0.2) is 30.6 Å². The zero-order valence-electron chi connectivity index (χ0n) is 13.0. The number of aryl methyl sites for hydroxylation is 1. The van der Waals surface area contributed by atoms with Gasteiger partial charge in [0.15, 0.2) is 0 Å². The predicted octanol–water partition coefficient (Wildman–Crippen LogP) is 2.70. The number of hydrogen-bond donors (Lipinski definition) is 0. The first kappa shape index (κ1) is 13.8. The third kappa shape index (κ3) is 1.72. The van der Waals surface area contributed by atoms with E-state index in [4.69, 9.17) is 0 Å². The normalized spacial score (nSPS) is 41.9. The molecule has 1 heterocycles. The largest absolute Gasteiger partial charge is 0.219 e. The zero-order valence-corrected chi connectivity index (χ0v) is 13.8. The molecular weight excluding hydrogens is 282 g/mol.